The van der Waals surface area contributed by atoms with Crippen LogP contribution < -0.4 is 4.74 Å². The summed E-state index contributed by atoms with van der Waals surface area (Å²) in [6, 6.07) is 8.36. The molecule has 1 heterocycles. The Kier molecular flexibility index (Phi) is 5.28. The van der Waals surface area contributed by atoms with Crippen LogP contribution in [0.2, 0.25) is 0 Å². The number of hydrogen-bond donors (Lipinski definition) is 0. The highest BCUT2D eigenvalue weighted by atomic mass is 32.2. The van der Waals surface area contributed by atoms with Gasteiger partial charge in [-0.05, 0) is 57.9 Å². The number of ether oxygens (including phenoxy) is 1. The van der Waals surface area contributed by atoms with Gasteiger partial charge in [-0.15, -0.1) is 4.31 Å². The predicted molar refractivity (Wildman–Crippen MR) is 104 cm³/mol. The lowest BCUT2D eigenvalue weighted by molar-refractivity contribution is 0.299. The van der Waals surface area contributed by atoms with Gasteiger partial charge in [0.25, 0.3) is 0 Å². The number of pyridine rings is 1. The molecule has 0 N–H and O–H groups in total. The van der Waals surface area contributed by atoms with Gasteiger partial charge >= 0.3 is 0 Å². The lowest BCUT2D eigenvalue weighted by Gasteiger charge is -2.37. The first-order valence-electron chi connectivity index (χ1n) is 8.98. The zero-order valence-electron chi connectivity index (χ0n) is 15.8. The fraction of sp³-hybridized carbons (Fsp3) is 0.550. The average molecular weight is 361 g/mol. The summed E-state index contributed by atoms with van der Waals surface area (Å²) in [4.78, 5) is 4.55. The van der Waals surface area contributed by atoms with Gasteiger partial charge in [-0.25, -0.2) is 4.98 Å². The van der Waals surface area contributed by atoms with E-state index in [-0.39, 0.29) is 10.8 Å². The van der Waals surface area contributed by atoms with E-state index in [1.807, 2.05) is 45.2 Å². The summed E-state index contributed by atoms with van der Waals surface area (Å²) in [6.45, 7) is 8.98. The number of aromatic nitrogens is 1. The normalized spacial score (nSPS) is 17.7. The molecule has 1 aromatic heterocycles. The Morgan fingerprint density at radius 3 is 2.44 bits per heavy atom. The van der Waals surface area contributed by atoms with Crippen LogP contribution in [-0.4, -0.2) is 32.2 Å². The van der Waals surface area contributed by atoms with E-state index in [0.29, 0.717) is 11.8 Å². The van der Waals surface area contributed by atoms with Crippen molar-refractivity contribution in [2.75, 3.05) is 13.7 Å². The maximum atomic E-state index is 13.2. The Labute approximate surface area is 153 Å². The van der Waals surface area contributed by atoms with Crippen molar-refractivity contribution in [2.24, 2.45) is 5.92 Å². The standard InChI is InChI=1S/C20H28N2O2S/c1-6-22(25(23)20(2,3)4)18(14-11-12-14)17-13-21-19(24-5)16-10-8-7-9-15(16)17/h7-10,13-14,18H,6,11-12H2,1-5H3. The van der Waals surface area contributed by atoms with Gasteiger partial charge in [0.1, 0.15) is 4.75 Å². The molecule has 0 aliphatic heterocycles. The van der Waals surface area contributed by atoms with Crippen molar-refractivity contribution in [3.05, 3.63) is 36.0 Å². The maximum Gasteiger partial charge on any atom is 0.221 e. The lowest BCUT2D eigenvalue weighted by Crippen LogP contribution is -2.45. The number of methoxy groups -OCH3 is 1. The Hall–Kier alpha value is -1.30. The van der Waals surface area contributed by atoms with Crippen molar-refractivity contribution in [2.45, 2.75) is 51.3 Å². The van der Waals surface area contributed by atoms with Gasteiger partial charge in [0.15, 0.2) is 0 Å². The molecular weight excluding hydrogens is 332 g/mol. The van der Waals surface area contributed by atoms with Crippen LogP contribution in [0.15, 0.2) is 30.5 Å². The van der Waals surface area contributed by atoms with Crippen LogP contribution >= 0.6 is 0 Å². The Morgan fingerprint density at radius 1 is 1.28 bits per heavy atom. The highest BCUT2D eigenvalue weighted by Gasteiger charge is 2.45. The second kappa shape index (κ2) is 7.14. The van der Waals surface area contributed by atoms with Crippen LogP contribution in [0.3, 0.4) is 0 Å². The molecule has 3 rings (SSSR count). The zero-order chi connectivity index (χ0) is 18.2. The first-order chi connectivity index (χ1) is 11.9. The summed E-state index contributed by atoms with van der Waals surface area (Å²) in [5.41, 5.74) is 1.17. The summed E-state index contributed by atoms with van der Waals surface area (Å²) in [5, 5.41) is 2.17. The molecule has 1 aliphatic rings. The van der Waals surface area contributed by atoms with Crippen LogP contribution in [0.25, 0.3) is 10.8 Å². The second-order valence-corrected chi connectivity index (χ2v) is 9.84. The van der Waals surface area contributed by atoms with E-state index in [9.17, 15) is 4.55 Å². The molecule has 0 bridgehead atoms. The van der Waals surface area contributed by atoms with Crippen LogP contribution in [0.1, 0.15) is 52.1 Å². The van der Waals surface area contributed by atoms with E-state index >= 15 is 0 Å². The molecule has 5 heteroatoms. The Morgan fingerprint density at radius 2 is 1.92 bits per heavy atom. The van der Waals surface area contributed by atoms with Crippen molar-refractivity contribution < 1.29 is 9.29 Å². The lowest BCUT2D eigenvalue weighted by atomic mass is 9.98. The first-order valence-corrected chi connectivity index (χ1v) is 10.1. The third kappa shape index (κ3) is 3.64. The van der Waals surface area contributed by atoms with Crippen molar-refractivity contribution in [3.8, 4) is 5.88 Å². The largest absolute Gasteiger partial charge is 0.597 e. The van der Waals surface area contributed by atoms with E-state index < -0.39 is 11.4 Å². The summed E-state index contributed by atoms with van der Waals surface area (Å²) >= 11 is -1.06. The van der Waals surface area contributed by atoms with Crippen LogP contribution in [-0.2, 0) is 11.4 Å². The smallest absolute Gasteiger partial charge is 0.221 e. The Bertz CT molecular complexity index is 740. The summed E-state index contributed by atoms with van der Waals surface area (Å²) in [7, 11) is 1.65. The fourth-order valence-electron chi connectivity index (χ4n) is 3.41. The van der Waals surface area contributed by atoms with Gasteiger partial charge in [-0.1, -0.05) is 18.2 Å². The summed E-state index contributed by atoms with van der Waals surface area (Å²) in [5.74, 6) is 1.19. The van der Waals surface area contributed by atoms with Crippen LogP contribution in [0, 0.1) is 5.92 Å². The van der Waals surface area contributed by atoms with Crippen molar-refractivity contribution >= 4 is 22.1 Å². The number of fused-ring (bicyclic) bond motifs is 1. The fourth-order valence-corrected chi connectivity index (χ4v) is 4.84. The minimum atomic E-state index is -1.06. The van der Waals surface area contributed by atoms with Crippen molar-refractivity contribution in [1.82, 2.24) is 9.29 Å². The highest BCUT2D eigenvalue weighted by Crippen LogP contribution is 2.48. The predicted octanol–water partition coefficient (Wildman–Crippen LogP) is 4.48. The maximum absolute atomic E-state index is 13.2. The summed E-state index contributed by atoms with van der Waals surface area (Å²) < 4.78 is 20.5. The van der Waals surface area contributed by atoms with E-state index in [2.05, 4.69) is 22.3 Å². The number of benzene rings is 1. The topological polar surface area (TPSA) is 48.4 Å². The minimum Gasteiger partial charge on any atom is -0.597 e. The molecule has 0 radical (unpaired) electrons. The third-order valence-electron chi connectivity index (χ3n) is 4.73. The van der Waals surface area contributed by atoms with E-state index in [0.717, 1.165) is 17.3 Å². The molecular formula is C20H28N2O2S. The van der Waals surface area contributed by atoms with Gasteiger partial charge < -0.3 is 9.29 Å². The van der Waals surface area contributed by atoms with Crippen LogP contribution in [0.5, 0.6) is 5.88 Å². The zero-order valence-corrected chi connectivity index (χ0v) is 16.6. The van der Waals surface area contributed by atoms with Gasteiger partial charge in [-0.2, -0.15) is 0 Å². The van der Waals surface area contributed by atoms with Gasteiger partial charge in [0, 0.05) is 35.1 Å². The number of rotatable bonds is 6. The van der Waals surface area contributed by atoms with Gasteiger partial charge in [-0.3, -0.25) is 0 Å². The van der Waals surface area contributed by atoms with Gasteiger partial charge in [0.2, 0.25) is 5.88 Å². The number of hydrogen-bond acceptors (Lipinski definition) is 4. The molecule has 0 saturated heterocycles. The third-order valence-corrected chi connectivity index (χ3v) is 6.69. The quantitative estimate of drug-likeness (QED) is 0.713. The molecule has 0 spiro atoms. The highest BCUT2D eigenvalue weighted by molar-refractivity contribution is 7.90. The van der Waals surface area contributed by atoms with Crippen LogP contribution in [0.4, 0.5) is 0 Å². The summed E-state index contributed by atoms with van der Waals surface area (Å²) in [6.07, 6.45) is 4.29. The monoisotopic (exact) mass is 360 g/mol. The molecule has 1 saturated carbocycles. The molecule has 0 amide bonds. The first kappa shape index (κ1) is 18.5. The molecule has 1 aromatic carbocycles. The molecule has 4 nitrogen and oxygen atoms in total. The molecule has 2 aromatic rings. The average Bonchev–Trinajstić information content (AvgIpc) is 3.42. The Balaban J connectivity index is 2.12. The minimum absolute atomic E-state index is 0.133. The molecule has 136 valence electrons. The van der Waals surface area contributed by atoms with Gasteiger partial charge in [0.05, 0.1) is 13.2 Å². The van der Waals surface area contributed by atoms with Crippen molar-refractivity contribution in [1.29, 1.82) is 0 Å². The van der Waals surface area contributed by atoms with Crippen molar-refractivity contribution in [3.63, 3.8) is 0 Å². The molecule has 2 unspecified atom stereocenters. The molecule has 1 aliphatic carbocycles. The molecule has 2 atom stereocenters. The second-order valence-electron chi connectivity index (χ2n) is 7.65. The molecule has 25 heavy (non-hydrogen) atoms. The molecule has 1 fully saturated rings. The van der Waals surface area contributed by atoms with E-state index in [4.69, 9.17) is 4.74 Å². The van der Waals surface area contributed by atoms with E-state index in [1.54, 1.807) is 7.11 Å². The SMILES string of the molecule is CCN(C(c1cnc(OC)c2ccccc12)C1CC1)[S+]([O-])C(C)(C)C. The number of nitrogens with zero attached hydrogens (tertiary/aromatic N) is 2. The van der Waals surface area contributed by atoms with E-state index in [1.165, 1.54) is 18.4 Å².